The largest absolute Gasteiger partial charge is 0.550 e. The zero-order valence-corrected chi connectivity index (χ0v) is 12.7. The highest BCUT2D eigenvalue weighted by atomic mass is 32.2. The van der Waals surface area contributed by atoms with Gasteiger partial charge in [-0.1, -0.05) is 0 Å². The third-order valence-electron chi connectivity index (χ3n) is 3.87. The molecule has 2 aliphatic rings. The minimum Gasteiger partial charge on any atom is -0.550 e. The lowest BCUT2D eigenvalue weighted by Crippen LogP contribution is -2.46. The van der Waals surface area contributed by atoms with E-state index in [1.54, 1.807) is 6.07 Å². The molecule has 0 spiro atoms. The number of fused-ring (bicyclic) bond motifs is 1. The number of carbonyl (C=O) groups is 1. The van der Waals surface area contributed by atoms with Crippen LogP contribution in [0.3, 0.4) is 0 Å². The Balaban J connectivity index is 1.87. The molecule has 1 fully saturated rings. The number of ether oxygens (including phenoxy) is 2. The standard InChI is InChI=1S/C14H17NO6S/c16-14(17)10-2-1-5-15(9-10)22(18,19)11-3-4-12-13(8-11)21-7-6-20-12/h3-4,8,10H,1-2,5-7,9H2,(H,16,17)/p-1/t10-/m1/s1. The van der Waals surface area contributed by atoms with Gasteiger partial charge in [0.15, 0.2) is 11.5 Å². The van der Waals surface area contributed by atoms with Gasteiger partial charge >= 0.3 is 0 Å². The first kappa shape index (κ1) is 15.1. The molecule has 0 bridgehead atoms. The monoisotopic (exact) mass is 326 g/mol. The Labute approximate surface area is 128 Å². The van der Waals surface area contributed by atoms with E-state index in [4.69, 9.17) is 9.47 Å². The third kappa shape index (κ3) is 2.76. The first-order chi connectivity index (χ1) is 10.5. The maximum absolute atomic E-state index is 12.7. The fourth-order valence-electron chi connectivity index (χ4n) is 2.69. The van der Waals surface area contributed by atoms with Crippen LogP contribution in [0.2, 0.25) is 0 Å². The van der Waals surface area contributed by atoms with Crippen LogP contribution in [-0.4, -0.2) is 45.0 Å². The number of rotatable bonds is 3. The van der Waals surface area contributed by atoms with E-state index in [-0.39, 0.29) is 11.4 Å². The Kier molecular flexibility index (Phi) is 3.96. The third-order valence-corrected chi connectivity index (χ3v) is 5.73. The maximum Gasteiger partial charge on any atom is 0.243 e. The van der Waals surface area contributed by atoms with Gasteiger partial charge in [-0.15, -0.1) is 0 Å². The van der Waals surface area contributed by atoms with E-state index in [9.17, 15) is 18.3 Å². The van der Waals surface area contributed by atoms with Crippen molar-refractivity contribution >= 4 is 16.0 Å². The van der Waals surface area contributed by atoms with Crippen LogP contribution in [0.4, 0.5) is 0 Å². The zero-order valence-electron chi connectivity index (χ0n) is 11.9. The molecule has 0 radical (unpaired) electrons. The lowest BCUT2D eigenvalue weighted by Gasteiger charge is -2.32. The molecule has 7 nitrogen and oxygen atoms in total. The van der Waals surface area contributed by atoms with Gasteiger partial charge in [0.25, 0.3) is 0 Å². The van der Waals surface area contributed by atoms with Gasteiger partial charge < -0.3 is 19.4 Å². The predicted molar refractivity (Wildman–Crippen MR) is 73.9 cm³/mol. The number of hydrogen-bond acceptors (Lipinski definition) is 6. The number of sulfonamides is 1. The molecule has 2 heterocycles. The molecule has 0 aliphatic carbocycles. The second kappa shape index (κ2) is 5.77. The number of carboxylic acid groups (broad SMARTS) is 1. The summed E-state index contributed by atoms with van der Waals surface area (Å²) in [6.07, 6.45) is 0.942. The summed E-state index contributed by atoms with van der Waals surface area (Å²) in [7, 11) is -3.76. The van der Waals surface area contributed by atoms with Crippen molar-refractivity contribution in [2.24, 2.45) is 5.92 Å². The van der Waals surface area contributed by atoms with E-state index < -0.39 is 21.9 Å². The molecule has 1 aromatic rings. The Morgan fingerprint density at radius 1 is 1.23 bits per heavy atom. The Bertz CT molecular complexity index is 687. The van der Waals surface area contributed by atoms with Gasteiger partial charge in [-0.25, -0.2) is 8.42 Å². The van der Waals surface area contributed by atoms with Crippen LogP contribution in [0.15, 0.2) is 23.1 Å². The topological polar surface area (TPSA) is 96.0 Å². The highest BCUT2D eigenvalue weighted by Crippen LogP contribution is 2.34. The fourth-order valence-corrected chi connectivity index (χ4v) is 4.23. The number of piperidine rings is 1. The molecule has 22 heavy (non-hydrogen) atoms. The first-order valence-corrected chi connectivity index (χ1v) is 8.53. The Morgan fingerprint density at radius 3 is 2.68 bits per heavy atom. The number of carboxylic acids is 1. The van der Waals surface area contributed by atoms with E-state index in [1.165, 1.54) is 16.4 Å². The van der Waals surface area contributed by atoms with E-state index in [0.717, 1.165) is 0 Å². The van der Waals surface area contributed by atoms with Gasteiger partial charge in [0.1, 0.15) is 13.2 Å². The van der Waals surface area contributed by atoms with Crippen molar-refractivity contribution in [2.45, 2.75) is 17.7 Å². The molecule has 0 aromatic heterocycles. The molecule has 2 aliphatic heterocycles. The molecule has 0 saturated carbocycles. The second-order valence-corrected chi connectivity index (χ2v) is 7.26. The van der Waals surface area contributed by atoms with Crippen LogP contribution in [0.25, 0.3) is 0 Å². The van der Waals surface area contributed by atoms with Gasteiger partial charge in [0.2, 0.25) is 10.0 Å². The van der Waals surface area contributed by atoms with Crippen LogP contribution in [-0.2, 0) is 14.8 Å². The second-order valence-electron chi connectivity index (χ2n) is 5.33. The van der Waals surface area contributed by atoms with Crippen molar-refractivity contribution < 1.29 is 27.8 Å². The molecule has 1 saturated heterocycles. The summed E-state index contributed by atoms with van der Waals surface area (Å²) in [6, 6.07) is 4.43. The van der Waals surface area contributed by atoms with Crippen molar-refractivity contribution in [3.63, 3.8) is 0 Å². The lowest BCUT2D eigenvalue weighted by molar-refractivity contribution is -0.312. The average molecular weight is 326 g/mol. The number of aliphatic carboxylic acids is 1. The molecular weight excluding hydrogens is 310 g/mol. The summed E-state index contributed by atoms with van der Waals surface area (Å²) < 4.78 is 37.3. The number of hydrogen-bond donors (Lipinski definition) is 0. The number of benzene rings is 1. The smallest absolute Gasteiger partial charge is 0.243 e. The first-order valence-electron chi connectivity index (χ1n) is 7.09. The molecule has 0 unspecified atom stereocenters. The molecular formula is C14H16NO6S-. The summed E-state index contributed by atoms with van der Waals surface area (Å²) in [5.74, 6) is -1.07. The highest BCUT2D eigenvalue weighted by molar-refractivity contribution is 7.89. The lowest BCUT2D eigenvalue weighted by atomic mass is 10.0. The number of nitrogens with zero attached hydrogens (tertiary/aromatic N) is 1. The zero-order chi connectivity index (χ0) is 15.7. The molecule has 3 rings (SSSR count). The van der Waals surface area contributed by atoms with Crippen molar-refractivity contribution in [1.82, 2.24) is 4.31 Å². The van der Waals surface area contributed by atoms with Gasteiger partial charge in [-0.3, -0.25) is 0 Å². The normalized spacial score (nSPS) is 22.3. The van der Waals surface area contributed by atoms with Gasteiger partial charge in [0, 0.05) is 31.0 Å². The summed E-state index contributed by atoms with van der Waals surface area (Å²) in [5.41, 5.74) is 0. The predicted octanol–water partition coefficient (Wildman–Crippen LogP) is -0.392. The van der Waals surface area contributed by atoms with Crippen molar-refractivity contribution in [1.29, 1.82) is 0 Å². The van der Waals surface area contributed by atoms with E-state index >= 15 is 0 Å². The molecule has 1 atom stereocenters. The van der Waals surface area contributed by atoms with E-state index in [2.05, 4.69) is 0 Å². The van der Waals surface area contributed by atoms with Gasteiger partial charge in [-0.05, 0) is 25.0 Å². The van der Waals surface area contributed by atoms with Gasteiger partial charge in [-0.2, -0.15) is 4.31 Å². The molecule has 0 N–H and O–H groups in total. The Morgan fingerprint density at radius 2 is 1.95 bits per heavy atom. The molecule has 0 amide bonds. The SMILES string of the molecule is O=C([O-])[C@@H]1CCCN(S(=O)(=O)c2ccc3c(c2)OCCO3)C1. The minimum absolute atomic E-state index is 0.0564. The van der Waals surface area contributed by atoms with Gasteiger partial charge in [0.05, 0.1) is 4.90 Å². The summed E-state index contributed by atoms with van der Waals surface area (Å²) in [4.78, 5) is 11.1. The van der Waals surface area contributed by atoms with E-state index in [1.807, 2.05) is 0 Å². The quantitative estimate of drug-likeness (QED) is 0.750. The van der Waals surface area contributed by atoms with Crippen LogP contribution >= 0.6 is 0 Å². The van der Waals surface area contributed by atoms with Crippen molar-refractivity contribution in [2.75, 3.05) is 26.3 Å². The van der Waals surface area contributed by atoms with E-state index in [0.29, 0.717) is 44.1 Å². The van der Waals surface area contributed by atoms with Crippen LogP contribution in [0.1, 0.15) is 12.8 Å². The Hall–Kier alpha value is -1.80. The summed E-state index contributed by atoms with van der Waals surface area (Å²) in [6.45, 7) is 1.05. The molecule has 1 aromatic carbocycles. The minimum atomic E-state index is -3.76. The molecule has 8 heteroatoms. The summed E-state index contributed by atoms with van der Waals surface area (Å²) >= 11 is 0. The van der Waals surface area contributed by atoms with Crippen LogP contribution < -0.4 is 14.6 Å². The molecule has 120 valence electrons. The van der Waals surface area contributed by atoms with Crippen LogP contribution in [0.5, 0.6) is 11.5 Å². The van der Waals surface area contributed by atoms with Crippen molar-refractivity contribution in [3.8, 4) is 11.5 Å². The van der Waals surface area contributed by atoms with Crippen molar-refractivity contribution in [3.05, 3.63) is 18.2 Å². The fraction of sp³-hybridized carbons (Fsp3) is 0.500. The highest BCUT2D eigenvalue weighted by Gasteiger charge is 2.31. The average Bonchev–Trinajstić information content (AvgIpc) is 2.54. The summed E-state index contributed by atoms with van der Waals surface area (Å²) in [5, 5.41) is 11.0. The number of carbonyl (C=O) groups excluding carboxylic acids is 1. The van der Waals surface area contributed by atoms with Crippen LogP contribution in [0, 0.1) is 5.92 Å². The maximum atomic E-state index is 12.7.